The molecule has 0 bridgehead atoms. The largest absolute Gasteiger partial charge is 0.375 e. The average molecular weight is 250 g/mol. The molecule has 0 saturated heterocycles. The van der Waals surface area contributed by atoms with Gasteiger partial charge in [-0.1, -0.05) is 57.0 Å². The third-order valence-corrected chi connectivity index (χ3v) is 3.26. The molecular formula is C15H26N2O. The molecule has 0 spiro atoms. The highest BCUT2D eigenvalue weighted by Crippen LogP contribution is 2.23. The Kier molecular flexibility index (Phi) is 6.94. The van der Waals surface area contributed by atoms with Crippen LogP contribution in [0.2, 0.25) is 0 Å². The number of methoxy groups -OCH3 is 1. The predicted molar refractivity (Wildman–Crippen MR) is 76.0 cm³/mol. The van der Waals surface area contributed by atoms with Crippen LogP contribution in [0, 0.1) is 5.92 Å². The first-order chi connectivity index (χ1) is 8.69. The Balaban J connectivity index is 2.60. The molecule has 1 aromatic carbocycles. The second-order valence-corrected chi connectivity index (χ2v) is 5.16. The van der Waals surface area contributed by atoms with E-state index in [1.54, 1.807) is 7.11 Å². The lowest BCUT2D eigenvalue weighted by Gasteiger charge is -2.26. The number of ether oxygens (including phenoxy) is 1. The van der Waals surface area contributed by atoms with Crippen molar-refractivity contribution in [2.45, 2.75) is 45.3 Å². The van der Waals surface area contributed by atoms with Crippen LogP contribution in [0.25, 0.3) is 0 Å². The fourth-order valence-corrected chi connectivity index (χ4v) is 2.24. The first-order valence-electron chi connectivity index (χ1n) is 6.73. The first kappa shape index (κ1) is 15.2. The number of hydrogen-bond acceptors (Lipinski definition) is 3. The van der Waals surface area contributed by atoms with Crippen molar-refractivity contribution in [3.05, 3.63) is 35.9 Å². The number of rotatable bonds is 8. The summed E-state index contributed by atoms with van der Waals surface area (Å²) in [4.78, 5) is 0. The molecule has 0 amide bonds. The third-order valence-electron chi connectivity index (χ3n) is 3.26. The maximum absolute atomic E-state index is 5.67. The standard InChI is InChI=1S/C15H26N2O/c1-12(2)8-7-11-14(17-16)15(18-3)13-9-5-4-6-10-13/h4-6,9-10,12,14-15,17H,7-8,11,16H2,1-3H3. The molecule has 0 saturated carbocycles. The summed E-state index contributed by atoms with van der Waals surface area (Å²) in [7, 11) is 1.74. The second-order valence-electron chi connectivity index (χ2n) is 5.16. The first-order valence-corrected chi connectivity index (χ1v) is 6.73. The number of benzene rings is 1. The molecule has 1 rings (SSSR count). The van der Waals surface area contributed by atoms with E-state index in [2.05, 4.69) is 31.4 Å². The fraction of sp³-hybridized carbons (Fsp3) is 0.600. The van der Waals surface area contributed by atoms with Crippen molar-refractivity contribution in [1.29, 1.82) is 0 Å². The zero-order valence-electron chi connectivity index (χ0n) is 11.7. The van der Waals surface area contributed by atoms with Gasteiger partial charge >= 0.3 is 0 Å². The molecule has 2 atom stereocenters. The average Bonchev–Trinajstić information content (AvgIpc) is 2.38. The van der Waals surface area contributed by atoms with Crippen molar-refractivity contribution in [1.82, 2.24) is 5.43 Å². The van der Waals surface area contributed by atoms with Gasteiger partial charge in [0, 0.05) is 7.11 Å². The van der Waals surface area contributed by atoms with E-state index in [9.17, 15) is 0 Å². The summed E-state index contributed by atoms with van der Waals surface area (Å²) in [5, 5.41) is 0. The minimum Gasteiger partial charge on any atom is -0.375 e. The van der Waals surface area contributed by atoms with Crippen LogP contribution < -0.4 is 11.3 Å². The zero-order valence-corrected chi connectivity index (χ0v) is 11.7. The van der Waals surface area contributed by atoms with Gasteiger partial charge in [-0.05, 0) is 17.9 Å². The molecule has 18 heavy (non-hydrogen) atoms. The summed E-state index contributed by atoms with van der Waals surface area (Å²) in [5.74, 6) is 6.41. The number of hydrazine groups is 1. The molecule has 2 unspecified atom stereocenters. The van der Waals surface area contributed by atoms with Crippen molar-refractivity contribution in [2.24, 2.45) is 11.8 Å². The lowest BCUT2D eigenvalue weighted by molar-refractivity contribution is 0.0637. The maximum Gasteiger partial charge on any atom is 0.0987 e. The van der Waals surface area contributed by atoms with E-state index in [0.717, 1.165) is 12.3 Å². The van der Waals surface area contributed by atoms with Gasteiger partial charge in [0.25, 0.3) is 0 Å². The number of nitrogens with one attached hydrogen (secondary N) is 1. The summed E-state index contributed by atoms with van der Waals surface area (Å²) in [6, 6.07) is 10.4. The molecule has 3 nitrogen and oxygen atoms in total. The van der Waals surface area contributed by atoms with Gasteiger partial charge in [0.15, 0.2) is 0 Å². The maximum atomic E-state index is 5.67. The Hall–Kier alpha value is -0.900. The third kappa shape index (κ3) is 4.77. The molecular weight excluding hydrogens is 224 g/mol. The van der Waals surface area contributed by atoms with Gasteiger partial charge in [-0.25, -0.2) is 0 Å². The van der Waals surface area contributed by atoms with E-state index >= 15 is 0 Å². The van der Waals surface area contributed by atoms with E-state index in [0.29, 0.717) is 0 Å². The van der Waals surface area contributed by atoms with Gasteiger partial charge in [-0.15, -0.1) is 0 Å². The number of nitrogens with two attached hydrogens (primary N) is 1. The van der Waals surface area contributed by atoms with Crippen LogP contribution in [0.1, 0.15) is 44.8 Å². The molecule has 0 aromatic heterocycles. The second kappa shape index (κ2) is 8.25. The van der Waals surface area contributed by atoms with Gasteiger partial charge < -0.3 is 4.74 Å². The molecule has 1 aromatic rings. The molecule has 3 N–H and O–H groups in total. The Morgan fingerprint density at radius 1 is 1.17 bits per heavy atom. The smallest absolute Gasteiger partial charge is 0.0987 e. The van der Waals surface area contributed by atoms with Crippen LogP contribution in [-0.4, -0.2) is 13.2 Å². The molecule has 102 valence electrons. The summed E-state index contributed by atoms with van der Waals surface area (Å²) in [6.07, 6.45) is 3.44. The molecule has 0 aliphatic carbocycles. The Morgan fingerprint density at radius 2 is 1.83 bits per heavy atom. The normalized spacial score (nSPS) is 14.7. The van der Waals surface area contributed by atoms with Gasteiger partial charge in [0.05, 0.1) is 12.1 Å². The van der Waals surface area contributed by atoms with Gasteiger partial charge in [0.1, 0.15) is 0 Å². The van der Waals surface area contributed by atoms with E-state index in [1.165, 1.54) is 18.4 Å². The van der Waals surface area contributed by atoms with Gasteiger partial charge in [0.2, 0.25) is 0 Å². The lowest BCUT2D eigenvalue weighted by Crippen LogP contribution is -2.40. The molecule has 0 fully saturated rings. The van der Waals surface area contributed by atoms with Crippen LogP contribution in [0.15, 0.2) is 30.3 Å². The van der Waals surface area contributed by atoms with Crippen molar-refractivity contribution in [2.75, 3.05) is 7.11 Å². The Bertz CT molecular complexity index is 314. The monoisotopic (exact) mass is 250 g/mol. The molecule has 0 aliphatic rings. The van der Waals surface area contributed by atoms with Crippen LogP contribution >= 0.6 is 0 Å². The predicted octanol–water partition coefficient (Wildman–Crippen LogP) is 3.03. The highest BCUT2D eigenvalue weighted by atomic mass is 16.5. The van der Waals surface area contributed by atoms with Crippen LogP contribution in [0.5, 0.6) is 0 Å². The van der Waals surface area contributed by atoms with Crippen molar-refractivity contribution in [3.63, 3.8) is 0 Å². The highest BCUT2D eigenvalue weighted by molar-refractivity contribution is 5.19. The lowest BCUT2D eigenvalue weighted by atomic mass is 9.96. The molecule has 0 heterocycles. The van der Waals surface area contributed by atoms with Gasteiger partial charge in [-0.3, -0.25) is 11.3 Å². The van der Waals surface area contributed by atoms with Crippen molar-refractivity contribution < 1.29 is 4.74 Å². The number of hydrogen-bond donors (Lipinski definition) is 2. The minimum atomic E-state index is 0.0170. The highest BCUT2D eigenvalue weighted by Gasteiger charge is 2.21. The quantitative estimate of drug-likeness (QED) is 0.550. The summed E-state index contributed by atoms with van der Waals surface area (Å²) >= 11 is 0. The van der Waals surface area contributed by atoms with Crippen LogP contribution in [0.3, 0.4) is 0 Å². The van der Waals surface area contributed by atoms with Gasteiger partial charge in [-0.2, -0.15) is 0 Å². The van der Waals surface area contributed by atoms with Crippen LogP contribution in [-0.2, 0) is 4.74 Å². The van der Waals surface area contributed by atoms with Crippen molar-refractivity contribution >= 4 is 0 Å². The Labute approximate surface area is 111 Å². The topological polar surface area (TPSA) is 47.3 Å². The molecule has 3 heteroatoms. The van der Waals surface area contributed by atoms with E-state index < -0.39 is 0 Å². The Morgan fingerprint density at radius 3 is 2.33 bits per heavy atom. The summed E-state index contributed by atoms with van der Waals surface area (Å²) < 4.78 is 5.60. The van der Waals surface area contributed by atoms with E-state index in [1.807, 2.05) is 18.2 Å². The summed E-state index contributed by atoms with van der Waals surface area (Å²) in [5.41, 5.74) is 4.07. The molecule has 0 radical (unpaired) electrons. The zero-order chi connectivity index (χ0) is 13.4. The SMILES string of the molecule is COC(c1ccccc1)C(CCCC(C)C)NN. The van der Waals surface area contributed by atoms with Crippen LogP contribution in [0.4, 0.5) is 0 Å². The van der Waals surface area contributed by atoms with Crippen molar-refractivity contribution in [3.8, 4) is 0 Å². The molecule has 0 aliphatic heterocycles. The summed E-state index contributed by atoms with van der Waals surface area (Å²) in [6.45, 7) is 4.49. The van der Waals surface area contributed by atoms with E-state index in [4.69, 9.17) is 10.6 Å². The van der Waals surface area contributed by atoms with E-state index in [-0.39, 0.29) is 12.1 Å². The fourth-order valence-electron chi connectivity index (χ4n) is 2.24. The minimum absolute atomic E-state index is 0.0170.